The number of aromatic hydroxyl groups is 1. The summed E-state index contributed by atoms with van der Waals surface area (Å²) in [5, 5.41) is 20.1. The van der Waals surface area contributed by atoms with Gasteiger partial charge in [0.15, 0.2) is 0 Å². The average Bonchev–Trinajstić information content (AvgIpc) is 2.72. The van der Waals surface area contributed by atoms with E-state index in [0.717, 1.165) is 16.8 Å². The average molecular weight is 411 g/mol. The van der Waals surface area contributed by atoms with E-state index in [-0.39, 0.29) is 28.9 Å². The van der Waals surface area contributed by atoms with Gasteiger partial charge < -0.3 is 5.11 Å². The summed E-state index contributed by atoms with van der Waals surface area (Å²) in [5.41, 5.74) is -1.34. The van der Waals surface area contributed by atoms with Crippen LogP contribution in [-0.2, 0) is 12.7 Å². The Morgan fingerprint density at radius 1 is 1.13 bits per heavy atom. The largest absolute Gasteiger partial charge is 0.494 e. The number of aliphatic imine (C=N–C) groups is 1. The van der Waals surface area contributed by atoms with Crippen LogP contribution in [0.3, 0.4) is 0 Å². The summed E-state index contributed by atoms with van der Waals surface area (Å²) in [4.78, 5) is 16.5. The lowest BCUT2D eigenvalue weighted by atomic mass is 10.1. The molecule has 0 spiro atoms. The second-order valence-electron chi connectivity index (χ2n) is 6.50. The summed E-state index contributed by atoms with van der Waals surface area (Å²) in [6.07, 6.45) is -3.56. The maximum Gasteiger partial charge on any atom is 0.418 e. The number of para-hydroxylation sites is 1. The molecular weight excluding hydrogens is 395 g/mol. The van der Waals surface area contributed by atoms with Crippen molar-refractivity contribution in [1.82, 2.24) is 4.57 Å². The fraction of sp³-hybridized carbons (Fsp3) is 0.136. The normalized spacial score (nSPS) is 11.6. The van der Waals surface area contributed by atoms with Crippen LogP contribution in [0.5, 0.6) is 5.88 Å². The minimum atomic E-state index is -4.60. The second kappa shape index (κ2) is 8.25. The molecule has 1 aromatic heterocycles. The van der Waals surface area contributed by atoms with Crippen LogP contribution in [0.25, 0.3) is 0 Å². The van der Waals surface area contributed by atoms with Crippen molar-refractivity contribution in [3.05, 3.63) is 92.8 Å². The molecular formula is C22H16F3N3O2. The molecule has 0 atom stereocenters. The Labute approximate surface area is 170 Å². The van der Waals surface area contributed by atoms with Gasteiger partial charge >= 0.3 is 6.18 Å². The van der Waals surface area contributed by atoms with Crippen molar-refractivity contribution in [2.24, 2.45) is 4.99 Å². The number of hydrogen-bond donors (Lipinski definition) is 1. The highest BCUT2D eigenvalue weighted by molar-refractivity contribution is 5.87. The van der Waals surface area contributed by atoms with Crippen LogP contribution in [-0.4, -0.2) is 15.9 Å². The predicted octanol–water partition coefficient (Wildman–Crippen LogP) is 4.55. The minimum Gasteiger partial charge on any atom is -0.494 e. The Morgan fingerprint density at radius 2 is 1.77 bits per heavy atom. The fourth-order valence-corrected chi connectivity index (χ4v) is 3.00. The molecule has 0 unspecified atom stereocenters. The summed E-state index contributed by atoms with van der Waals surface area (Å²) in [6.45, 7) is 1.42. The molecule has 0 amide bonds. The number of pyridine rings is 1. The summed E-state index contributed by atoms with van der Waals surface area (Å²) in [7, 11) is 0. The van der Waals surface area contributed by atoms with Gasteiger partial charge in [-0.3, -0.25) is 14.4 Å². The second-order valence-corrected chi connectivity index (χ2v) is 6.50. The zero-order chi connectivity index (χ0) is 21.9. The molecule has 2 aromatic carbocycles. The van der Waals surface area contributed by atoms with Gasteiger partial charge in [0.1, 0.15) is 11.6 Å². The molecule has 8 heteroatoms. The van der Waals surface area contributed by atoms with Gasteiger partial charge in [-0.15, -0.1) is 0 Å². The Hall–Kier alpha value is -3.86. The van der Waals surface area contributed by atoms with E-state index in [0.29, 0.717) is 5.56 Å². The quantitative estimate of drug-likeness (QED) is 0.640. The topological polar surface area (TPSA) is 78.4 Å². The van der Waals surface area contributed by atoms with Gasteiger partial charge in [0.2, 0.25) is 5.88 Å². The first-order valence-corrected chi connectivity index (χ1v) is 8.84. The Morgan fingerprint density at radius 3 is 2.40 bits per heavy atom. The van der Waals surface area contributed by atoms with Crippen LogP contribution < -0.4 is 5.56 Å². The van der Waals surface area contributed by atoms with E-state index in [9.17, 15) is 28.3 Å². The number of aromatic nitrogens is 1. The van der Waals surface area contributed by atoms with E-state index in [1.54, 1.807) is 36.4 Å². The molecule has 5 nitrogen and oxygen atoms in total. The number of hydrogen-bond acceptors (Lipinski definition) is 4. The van der Waals surface area contributed by atoms with Gasteiger partial charge in [0, 0.05) is 6.21 Å². The van der Waals surface area contributed by atoms with E-state index in [1.807, 2.05) is 0 Å². The monoisotopic (exact) mass is 411 g/mol. The number of nitrogens with zero attached hydrogens (tertiary/aromatic N) is 3. The van der Waals surface area contributed by atoms with Crippen LogP contribution in [0.1, 0.15) is 27.8 Å². The highest BCUT2D eigenvalue weighted by Gasteiger charge is 2.33. The zero-order valence-corrected chi connectivity index (χ0v) is 15.8. The van der Waals surface area contributed by atoms with E-state index < -0.39 is 23.2 Å². The molecule has 0 aliphatic rings. The SMILES string of the molecule is Cc1c(C=Nc2ccccc2C(F)(F)F)c(O)n(Cc2ccccc2)c(=O)c1C#N. The molecule has 3 rings (SSSR count). The lowest BCUT2D eigenvalue weighted by Crippen LogP contribution is -2.25. The lowest BCUT2D eigenvalue weighted by molar-refractivity contribution is -0.137. The molecule has 0 radical (unpaired) electrons. The first-order chi connectivity index (χ1) is 14.2. The summed E-state index contributed by atoms with van der Waals surface area (Å²) in [5.74, 6) is -0.478. The van der Waals surface area contributed by atoms with Crippen molar-refractivity contribution in [3.8, 4) is 11.9 Å². The van der Waals surface area contributed by atoms with Gasteiger partial charge in [0.05, 0.1) is 23.4 Å². The summed E-state index contributed by atoms with van der Waals surface area (Å²) in [6, 6.07) is 15.3. The predicted molar refractivity (Wildman–Crippen MR) is 106 cm³/mol. The van der Waals surface area contributed by atoms with E-state index in [1.165, 1.54) is 25.1 Å². The fourth-order valence-electron chi connectivity index (χ4n) is 3.00. The van der Waals surface area contributed by atoms with Gasteiger partial charge in [-0.2, -0.15) is 18.4 Å². The molecule has 3 aromatic rings. The highest BCUT2D eigenvalue weighted by atomic mass is 19.4. The van der Waals surface area contributed by atoms with Crippen molar-refractivity contribution in [2.75, 3.05) is 0 Å². The first-order valence-electron chi connectivity index (χ1n) is 8.84. The lowest BCUT2D eigenvalue weighted by Gasteiger charge is -2.14. The Balaban J connectivity index is 2.15. The van der Waals surface area contributed by atoms with Crippen molar-refractivity contribution in [3.63, 3.8) is 0 Å². The molecule has 30 heavy (non-hydrogen) atoms. The zero-order valence-electron chi connectivity index (χ0n) is 15.8. The third-order valence-electron chi connectivity index (χ3n) is 4.57. The minimum absolute atomic E-state index is 0.000872. The summed E-state index contributed by atoms with van der Waals surface area (Å²) >= 11 is 0. The van der Waals surface area contributed by atoms with E-state index >= 15 is 0 Å². The van der Waals surface area contributed by atoms with Crippen molar-refractivity contribution >= 4 is 11.9 Å². The van der Waals surface area contributed by atoms with Crippen LogP contribution in [0.15, 0.2) is 64.4 Å². The third kappa shape index (κ3) is 4.10. The molecule has 0 saturated heterocycles. The number of nitriles is 1. The molecule has 0 aliphatic carbocycles. The van der Waals surface area contributed by atoms with Gasteiger partial charge in [0.25, 0.3) is 5.56 Å². The van der Waals surface area contributed by atoms with Gasteiger partial charge in [-0.05, 0) is 30.2 Å². The maximum atomic E-state index is 13.2. The van der Waals surface area contributed by atoms with Crippen molar-refractivity contribution in [2.45, 2.75) is 19.6 Å². The molecule has 0 bridgehead atoms. The molecule has 1 N–H and O–H groups in total. The van der Waals surface area contributed by atoms with Crippen molar-refractivity contribution in [1.29, 1.82) is 5.26 Å². The van der Waals surface area contributed by atoms with E-state index in [4.69, 9.17) is 0 Å². The number of rotatable bonds is 4. The molecule has 152 valence electrons. The van der Waals surface area contributed by atoms with Crippen LogP contribution in [0, 0.1) is 18.3 Å². The molecule has 1 heterocycles. The Bertz CT molecular complexity index is 1210. The third-order valence-corrected chi connectivity index (χ3v) is 4.57. The number of alkyl halides is 3. The van der Waals surface area contributed by atoms with Gasteiger partial charge in [-0.1, -0.05) is 42.5 Å². The molecule has 0 aliphatic heterocycles. The summed E-state index contributed by atoms with van der Waals surface area (Å²) < 4.78 is 40.6. The standard InChI is InChI=1S/C22H16F3N3O2/c1-14-16(11-26)20(29)28(13-15-7-3-2-4-8-15)21(30)17(14)12-27-19-10-6-5-9-18(19)22(23,24)25/h2-10,12,30H,13H2,1H3. The smallest absolute Gasteiger partial charge is 0.418 e. The Kier molecular flexibility index (Phi) is 5.74. The van der Waals surface area contributed by atoms with Gasteiger partial charge in [-0.25, -0.2) is 0 Å². The molecule has 0 saturated carbocycles. The van der Waals surface area contributed by atoms with Crippen molar-refractivity contribution < 1.29 is 18.3 Å². The van der Waals surface area contributed by atoms with E-state index in [2.05, 4.69) is 4.99 Å². The first kappa shape index (κ1) is 20.9. The maximum absolute atomic E-state index is 13.2. The van der Waals surface area contributed by atoms with Crippen LogP contribution >= 0.6 is 0 Å². The number of halogens is 3. The van der Waals surface area contributed by atoms with Crippen LogP contribution in [0.4, 0.5) is 18.9 Å². The number of benzene rings is 2. The highest BCUT2D eigenvalue weighted by Crippen LogP contribution is 2.36. The van der Waals surface area contributed by atoms with Crippen LogP contribution in [0.2, 0.25) is 0 Å². The molecule has 0 fully saturated rings.